The third kappa shape index (κ3) is 2.45. The van der Waals surface area contributed by atoms with Crippen molar-refractivity contribution in [2.75, 3.05) is 0 Å². The molecule has 0 fully saturated rings. The molecule has 0 saturated carbocycles. The van der Waals surface area contributed by atoms with Crippen molar-refractivity contribution < 1.29 is 23.1 Å². The monoisotopic (exact) mass is 266 g/mol. The molecule has 2 aromatic rings. The molecule has 0 spiro atoms. The average molecular weight is 266 g/mol. The summed E-state index contributed by atoms with van der Waals surface area (Å²) in [7, 11) is 0. The van der Waals surface area contributed by atoms with Crippen molar-refractivity contribution in [2.24, 2.45) is 0 Å². The molecule has 0 radical (unpaired) electrons. The van der Waals surface area contributed by atoms with Gasteiger partial charge in [-0.15, -0.1) is 0 Å². The third-order valence-electron chi connectivity index (χ3n) is 2.68. The summed E-state index contributed by atoms with van der Waals surface area (Å²) in [5, 5.41) is 9.07. The molecule has 19 heavy (non-hydrogen) atoms. The van der Waals surface area contributed by atoms with Crippen molar-refractivity contribution in [3.63, 3.8) is 0 Å². The van der Waals surface area contributed by atoms with Crippen molar-refractivity contribution in [2.45, 2.75) is 6.92 Å². The number of hydrogen-bond acceptors (Lipinski definition) is 1. The Bertz CT molecular complexity index is 643. The summed E-state index contributed by atoms with van der Waals surface area (Å²) in [6.45, 7) is 1.66. The van der Waals surface area contributed by atoms with Crippen LogP contribution in [-0.2, 0) is 0 Å². The van der Waals surface area contributed by atoms with Gasteiger partial charge in [0, 0.05) is 17.7 Å². The highest BCUT2D eigenvalue weighted by Crippen LogP contribution is 2.30. The summed E-state index contributed by atoms with van der Waals surface area (Å²) in [6.07, 6.45) is 0. The molecule has 2 aromatic carbocycles. The highest BCUT2D eigenvalue weighted by Gasteiger charge is 2.19. The van der Waals surface area contributed by atoms with E-state index in [-0.39, 0.29) is 11.1 Å². The molecule has 98 valence electrons. The van der Waals surface area contributed by atoms with Gasteiger partial charge in [-0.25, -0.2) is 18.0 Å². The van der Waals surface area contributed by atoms with Crippen LogP contribution in [0.2, 0.25) is 0 Å². The predicted octanol–water partition coefficient (Wildman–Crippen LogP) is 3.78. The fraction of sp³-hybridized carbons (Fsp3) is 0.0714. The standard InChI is InChI=1S/C14H9F3O2/c1-7-2-3-9(10(4-7)14(18)19)13-11(16)5-8(15)6-12(13)17/h2-6H,1H3,(H,18,19). The first-order chi connectivity index (χ1) is 8.90. The highest BCUT2D eigenvalue weighted by molar-refractivity contribution is 5.96. The first-order valence-electron chi connectivity index (χ1n) is 5.39. The molecule has 0 saturated heterocycles. The lowest BCUT2D eigenvalue weighted by atomic mass is 9.97. The van der Waals surface area contributed by atoms with Crippen LogP contribution in [0.5, 0.6) is 0 Å². The van der Waals surface area contributed by atoms with Crippen molar-refractivity contribution in [3.8, 4) is 11.1 Å². The Kier molecular flexibility index (Phi) is 3.29. The summed E-state index contributed by atoms with van der Waals surface area (Å²) in [5.74, 6) is -4.63. The SMILES string of the molecule is Cc1ccc(-c2c(F)cc(F)cc2F)c(C(=O)O)c1. The Morgan fingerprint density at radius 3 is 2.16 bits per heavy atom. The van der Waals surface area contributed by atoms with E-state index in [0.717, 1.165) is 0 Å². The van der Waals surface area contributed by atoms with Crippen LogP contribution in [0.3, 0.4) is 0 Å². The van der Waals surface area contributed by atoms with E-state index in [9.17, 15) is 18.0 Å². The van der Waals surface area contributed by atoms with Gasteiger partial charge < -0.3 is 5.11 Å². The van der Waals surface area contributed by atoms with Gasteiger partial charge in [0.1, 0.15) is 17.5 Å². The summed E-state index contributed by atoms with van der Waals surface area (Å²) in [6, 6.07) is 5.18. The molecule has 0 aliphatic heterocycles. The van der Waals surface area contributed by atoms with E-state index in [4.69, 9.17) is 5.11 Å². The van der Waals surface area contributed by atoms with Gasteiger partial charge in [0.2, 0.25) is 0 Å². The van der Waals surface area contributed by atoms with E-state index in [1.807, 2.05) is 0 Å². The Labute approximate surface area is 107 Å². The molecule has 1 N–H and O–H groups in total. The van der Waals surface area contributed by atoms with E-state index in [0.29, 0.717) is 17.7 Å². The molecule has 0 aliphatic rings. The minimum absolute atomic E-state index is 0.117. The number of carboxylic acid groups (broad SMARTS) is 1. The molecule has 0 bridgehead atoms. The second-order valence-corrected chi connectivity index (χ2v) is 4.10. The van der Waals surface area contributed by atoms with Gasteiger partial charge in [0.05, 0.1) is 11.1 Å². The van der Waals surface area contributed by atoms with E-state index in [2.05, 4.69) is 0 Å². The number of aryl methyl sites for hydroxylation is 1. The van der Waals surface area contributed by atoms with Crippen molar-refractivity contribution in [1.82, 2.24) is 0 Å². The molecular weight excluding hydrogens is 257 g/mol. The Morgan fingerprint density at radius 1 is 1.05 bits per heavy atom. The smallest absolute Gasteiger partial charge is 0.336 e. The fourth-order valence-corrected chi connectivity index (χ4v) is 1.85. The number of aromatic carboxylic acids is 1. The lowest BCUT2D eigenvalue weighted by molar-refractivity contribution is 0.0697. The van der Waals surface area contributed by atoms with Gasteiger partial charge in [-0.1, -0.05) is 17.7 Å². The number of benzene rings is 2. The van der Waals surface area contributed by atoms with Gasteiger partial charge in [0.25, 0.3) is 0 Å². The Hall–Kier alpha value is -2.30. The largest absolute Gasteiger partial charge is 0.478 e. The number of halogens is 3. The van der Waals surface area contributed by atoms with Crippen LogP contribution in [0.25, 0.3) is 11.1 Å². The predicted molar refractivity (Wildman–Crippen MR) is 63.4 cm³/mol. The zero-order valence-electron chi connectivity index (χ0n) is 9.88. The topological polar surface area (TPSA) is 37.3 Å². The Balaban J connectivity index is 2.76. The van der Waals surface area contributed by atoms with Crippen LogP contribution in [0.4, 0.5) is 13.2 Å². The second kappa shape index (κ2) is 4.76. The number of rotatable bonds is 2. The normalized spacial score (nSPS) is 10.5. The van der Waals surface area contributed by atoms with Crippen LogP contribution < -0.4 is 0 Å². The van der Waals surface area contributed by atoms with Crippen molar-refractivity contribution in [1.29, 1.82) is 0 Å². The summed E-state index contributed by atoms with van der Waals surface area (Å²) in [4.78, 5) is 11.1. The molecule has 0 heterocycles. The van der Waals surface area contributed by atoms with E-state index < -0.39 is 29.0 Å². The number of carbonyl (C=O) groups is 1. The van der Waals surface area contributed by atoms with Crippen molar-refractivity contribution in [3.05, 3.63) is 58.9 Å². The van der Waals surface area contributed by atoms with Crippen LogP contribution in [0.1, 0.15) is 15.9 Å². The lowest BCUT2D eigenvalue weighted by Crippen LogP contribution is -2.03. The quantitative estimate of drug-likeness (QED) is 0.898. The maximum Gasteiger partial charge on any atom is 0.336 e. The van der Waals surface area contributed by atoms with E-state index >= 15 is 0 Å². The fourth-order valence-electron chi connectivity index (χ4n) is 1.85. The molecule has 0 aromatic heterocycles. The molecular formula is C14H9F3O2. The summed E-state index contributed by atoms with van der Waals surface area (Å²) >= 11 is 0. The average Bonchev–Trinajstić information content (AvgIpc) is 2.29. The molecule has 0 unspecified atom stereocenters. The van der Waals surface area contributed by atoms with Crippen LogP contribution in [-0.4, -0.2) is 11.1 Å². The molecule has 0 amide bonds. The van der Waals surface area contributed by atoms with Crippen LogP contribution >= 0.6 is 0 Å². The zero-order valence-corrected chi connectivity index (χ0v) is 9.88. The first kappa shape index (κ1) is 13.1. The lowest BCUT2D eigenvalue weighted by Gasteiger charge is -2.10. The number of carboxylic acids is 1. The summed E-state index contributed by atoms with van der Waals surface area (Å²) in [5.41, 5.74) is -0.250. The van der Waals surface area contributed by atoms with Crippen LogP contribution in [0, 0.1) is 24.4 Å². The maximum atomic E-state index is 13.7. The van der Waals surface area contributed by atoms with Crippen molar-refractivity contribution >= 4 is 5.97 Å². The second-order valence-electron chi connectivity index (χ2n) is 4.10. The van der Waals surface area contributed by atoms with Crippen LogP contribution in [0.15, 0.2) is 30.3 Å². The molecule has 2 nitrogen and oxygen atoms in total. The molecule has 2 rings (SSSR count). The summed E-state index contributed by atoms with van der Waals surface area (Å²) < 4.78 is 40.2. The zero-order chi connectivity index (χ0) is 14.2. The van der Waals surface area contributed by atoms with Gasteiger partial charge >= 0.3 is 5.97 Å². The highest BCUT2D eigenvalue weighted by atomic mass is 19.1. The minimum Gasteiger partial charge on any atom is -0.478 e. The Morgan fingerprint density at radius 2 is 1.63 bits per heavy atom. The minimum atomic E-state index is -1.30. The molecule has 0 aliphatic carbocycles. The molecule has 0 atom stereocenters. The van der Waals surface area contributed by atoms with Gasteiger partial charge in [0.15, 0.2) is 0 Å². The number of hydrogen-bond donors (Lipinski definition) is 1. The molecule has 5 heteroatoms. The van der Waals surface area contributed by atoms with Gasteiger partial charge in [-0.2, -0.15) is 0 Å². The van der Waals surface area contributed by atoms with E-state index in [1.54, 1.807) is 6.92 Å². The maximum absolute atomic E-state index is 13.7. The van der Waals surface area contributed by atoms with Gasteiger partial charge in [-0.3, -0.25) is 0 Å². The first-order valence-corrected chi connectivity index (χ1v) is 5.39. The van der Waals surface area contributed by atoms with E-state index in [1.165, 1.54) is 18.2 Å². The third-order valence-corrected chi connectivity index (χ3v) is 2.68. The van der Waals surface area contributed by atoms with Gasteiger partial charge in [-0.05, 0) is 13.0 Å².